The molecule has 3 aromatic heterocycles. The number of pyridine rings is 1. The molecule has 0 radical (unpaired) electrons. The van der Waals surface area contributed by atoms with Gasteiger partial charge < -0.3 is 31.1 Å². The second-order valence-electron chi connectivity index (χ2n) is 9.77. The van der Waals surface area contributed by atoms with Gasteiger partial charge in [-0.05, 0) is 52.0 Å². The summed E-state index contributed by atoms with van der Waals surface area (Å²) < 4.78 is 1.00. The number of aryl methyl sites for hydroxylation is 2. The van der Waals surface area contributed by atoms with Crippen LogP contribution in [0, 0.1) is 25.7 Å². The number of hydrogen-bond acceptors (Lipinski definition) is 11. The molecule has 3 heterocycles. The first-order valence-corrected chi connectivity index (χ1v) is 12.9. The molecule has 35 heavy (non-hydrogen) atoms. The second-order valence-corrected chi connectivity index (χ2v) is 10.8. The van der Waals surface area contributed by atoms with Gasteiger partial charge in [-0.2, -0.15) is 4.98 Å². The number of aromatic nitrogens is 4. The molecule has 0 aromatic carbocycles. The number of nitrogens with zero attached hydrogens (tertiary/aromatic N) is 4. The molecular weight excluding hydrogens is 468 g/mol. The Morgan fingerprint density at radius 1 is 1.11 bits per heavy atom. The Labute approximate surface area is 207 Å². The van der Waals surface area contributed by atoms with E-state index in [1.807, 2.05) is 19.9 Å². The van der Waals surface area contributed by atoms with Gasteiger partial charge >= 0.3 is 0 Å². The highest BCUT2D eigenvalue weighted by Gasteiger charge is 2.45. The normalized spacial score (nSPS) is 26.1. The van der Waals surface area contributed by atoms with E-state index in [0.717, 1.165) is 32.2 Å². The molecule has 11 heteroatoms. The predicted molar refractivity (Wildman–Crippen MR) is 134 cm³/mol. The van der Waals surface area contributed by atoms with Crippen molar-refractivity contribution in [3.8, 4) is 10.6 Å². The van der Waals surface area contributed by atoms with Crippen molar-refractivity contribution < 1.29 is 20.4 Å². The van der Waals surface area contributed by atoms with Crippen LogP contribution >= 0.6 is 11.3 Å². The van der Waals surface area contributed by atoms with Gasteiger partial charge in [-0.1, -0.05) is 0 Å². The third-order valence-electron chi connectivity index (χ3n) is 7.21. The van der Waals surface area contributed by atoms with E-state index in [1.165, 1.54) is 24.2 Å². The first kappa shape index (κ1) is 24.3. The van der Waals surface area contributed by atoms with Crippen LogP contribution in [-0.4, -0.2) is 77.4 Å². The van der Waals surface area contributed by atoms with E-state index in [-0.39, 0.29) is 12.5 Å². The van der Waals surface area contributed by atoms with Gasteiger partial charge in [0.1, 0.15) is 22.4 Å². The van der Waals surface area contributed by atoms with Crippen LogP contribution in [0.15, 0.2) is 12.3 Å². The number of anilines is 2. The maximum absolute atomic E-state index is 10.7. The molecular formula is C24H32N6O4S. The quantitative estimate of drug-likeness (QED) is 0.270. The van der Waals surface area contributed by atoms with Gasteiger partial charge in [-0.25, -0.2) is 9.97 Å². The zero-order chi connectivity index (χ0) is 24.9. The molecule has 10 nitrogen and oxygen atoms in total. The summed E-state index contributed by atoms with van der Waals surface area (Å²) in [6.45, 7) is 5.47. The van der Waals surface area contributed by atoms with Crippen molar-refractivity contribution in [2.75, 3.05) is 17.2 Å². The van der Waals surface area contributed by atoms with Crippen LogP contribution in [0.25, 0.3) is 20.8 Å². The number of nitrogens with one attached hydrogen (secondary N) is 2. The van der Waals surface area contributed by atoms with Crippen LogP contribution in [0.5, 0.6) is 0 Å². The van der Waals surface area contributed by atoms with Gasteiger partial charge in [0.2, 0.25) is 5.95 Å². The van der Waals surface area contributed by atoms with Crippen molar-refractivity contribution in [1.82, 2.24) is 19.9 Å². The highest BCUT2D eigenvalue weighted by molar-refractivity contribution is 7.21. The van der Waals surface area contributed by atoms with Gasteiger partial charge in [-0.3, -0.25) is 4.98 Å². The number of rotatable bonds is 8. The highest BCUT2D eigenvalue weighted by atomic mass is 32.1. The molecule has 6 atom stereocenters. The fourth-order valence-corrected chi connectivity index (χ4v) is 6.02. The molecule has 188 valence electrons. The van der Waals surface area contributed by atoms with Crippen LogP contribution < -0.4 is 10.6 Å². The van der Waals surface area contributed by atoms with Gasteiger partial charge in [-0.15, -0.1) is 11.3 Å². The Morgan fingerprint density at radius 2 is 1.89 bits per heavy atom. The van der Waals surface area contributed by atoms with Crippen LogP contribution in [-0.2, 0) is 0 Å². The van der Waals surface area contributed by atoms with E-state index in [4.69, 9.17) is 15.0 Å². The average Bonchev–Trinajstić information content (AvgIpc) is 3.53. The minimum absolute atomic E-state index is 0.243. The minimum Gasteiger partial charge on any atom is -0.394 e. The Kier molecular flexibility index (Phi) is 6.62. The number of thiazole rings is 1. The standard InChI is InChI=1S/C24H32N6O4S/c1-10(13-4-5-13)26-24-27-11(2)18(23-29-19-12(3)25-7-6-17(19)35-23)22(30-24)28-15-8-14(16(32)9-31)20(33)21(15)34/h6-7,10,13-16,20-21,31-34H,4-5,8-9H2,1-3H3,(H2,26,27,28,30)/t10-,14-,15-,16?,20-,21+/m1/s1. The molecule has 0 aliphatic heterocycles. The maximum atomic E-state index is 10.7. The Hall–Kier alpha value is -2.44. The summed E-state index contributed by atoms with van der Waals surface area (Å²) in [5.41, 5.74) is 3.12. The zero-order valence-corrected chi connectivity index (χ0v) is 20.8. The average molecular weight is 501 g/mol. The first-order chi connectivity index (χ1) is 16.8. The number of hydrogen-bond donors (Lipinski definition) is 6. The lowest BCUT2D eigenvalue weighted by Crippen LogP contribution is -2.37. The van der Waals surface area contributed by atoms with Crippen molar-refractivity contribution in [3.63, 3.8) is 0 Å². The number of aliphatic hydroxyl groups is 4. The summed E-state index contributed by atoms with van der Waals surface area (Å²) in [6, 6.07) is 1.60. The molecule has 2 fully saturated rings. The Bertz CT molecular complexity index is 1220. The van der Waals surface area contributed by atoms with Crippen LogP contribution in [0.3, 0.4) is 0 Å². The van der Waals surface area contributed by atoms with Gasteiger partial charge in [0.25, 0.3) is 0 Å². The smallest absolute Gasteiger partial charge is 0.225 e. The summed E-state index contributed by atoms with van der Waals surface area (Å²) in [5, 5.41) is 48.1. The van der Waals surface area contributed by atoms with E-state index < -0.39 is 36.9 Å². The molecule has 0 amide bonds. The van der Waals surface area contributed by atoms with Gasteiger partial charge in [0, 0.05) is 18.2 Å². The zero-order valence-electron chi connectivity index (χ0n) is 20.0. The summed E-state index contributed by atoms with van der Waals surface area (Å²) >= 11 is 1.52. The monoisotopic (exact) mass is 500 g/mol. The molecule has 0 spiro atoms. The molecule has 3 aromatic rings. The molecule has 2 aliphatic carbocycles. The molecule has 6 N–H and O–H groups in total. The highest BCUT2D eigenvalue weighted by Crippen LogP contribution is 2.39. The van der Waals surface area contributed by atoms with E-state index in [1.54, 1.807) is 6.20 Å². The maximum Gasteiger partial charge on any atom is 0.225 e. The van der Waals surface area contributed by atoms with E-state index >= 15 is 0 Å². The minimum atomic E-state index is -1.16. The number of aliphatic hydroxyl groups excluding tert-OH is 4. The van der Waals surface area contributed by atoms with Crippen molar-refractivity contribution >= 4 is 33.3 Å². The molecule has 0 bridgehead atoms. The first-order valence-electron chi connectivity index (χ1n) is 12.1. The van der Waals surface area contributed by atoms with Crippen molar-refractivity contribution in [3.05, 3.63) is 23.7 Å². The molecule has 5 rings (SSSR count). The van der Waals surface area contributed by atoms with Gasteiger partial charge in [0.15, 0.2) is 0 Å². The van der Waals surface area contributed by atoms with Crippen molar-refractivity contribution in [1.29, 1.82) is 0 Å². The Balaban J connectivity index is 1.53. The largest absolute Gasteiger partial charge is 0.394 e. The lowest BCUT2D eigenvalue weighted by molar-refractivity contribution is -0.0368. The number of fused-ring (bicyclic) bond motifs is 1. The predicted octanol–water partition coefficient (Wildman–Crippen LogP) is 1.85. The molecule has 1 unspecified atom stereocenters. The lowest BCUT2D eigenvalue weighted by atomic mass is 9.99. The van der Waals surface area contributed by atoms with Crippen LogP contribution in [0.4, 0.5) is 11.8 Å². The summed E-state index contributed by atoms with van der Waals surface area (Å²) in [4.78, 5) is 18.7. The fraction of sp³-hybridized carbons (Fsp3) is 0.583. The second kappa shape index (κ2) is 9.55. The van der Waals surface area contributed by atoms with E-state index in [9.17, 15) is 20.4 Å². The third kappa shape index (κ3) is 4.70. The van der Waals surface area contributed by atoms with Crippen molar-refractivity contribution in [2.45, 2.75) is 70.4 Å². The summed E-state index contributed by atoms with van der Waals surface area (Å²) in [6.07, 6.45) is 1.01. The van der Waals surface area contributed by atoms with Crippen LogP contribution in [0.2, 0.25) is 0 Å². The SMILES string of the molecule is Cc1nc(N[C@H](C)C2CC2)nc(N[C@@H]2C[C@H](C(O)CO)[C@@H](O)[C@H]2O)c1-c1nc2c(C)nccc2s1. The van der Waals surface area contributed by atoms with E-state index in [2.05, 4.69) is 22.5 Å². The van der Waals surface area contributed by atoms with Crippen molar-refractivity contribution in [2.24, 2.45) is 11.8 Å². The Morgan fingerprint density at radius 3 is 2.57 bits per heavy atom. The molecule has 2 aliphatic rings. The molecule has 2 saturated carbocycles. The molecule has 0 saturated heterocycles. The van der Waals surface area contributed by atoms with Gasteiger partial charge in [0.05, 0.1) is 46.5 Å². The lowest BCUT2D eigenvalue weighted by Gasteiger charge is -2.22. The van der Waals surface area contributed by atoms with Crippen LogP contribution in [0.1, 0.15) is 37.6 Å². The fourth-order valence-electron chi connectivity index (χ4n) is 4.91. The summed E-state index contributed by atoms with van der Waals surface area (Å²) in [7, 11) is 0. The third-order valence-corrected chi connectivity index (χ3v) is 8.25. The van der Waals surface area contributed by atoms with E-state index in [0.29, 0.717) is 17.7 Å². The summed E-state index contributed by atoms with van der Waals surface area (Å²) in [5.74, 6) is 0.958. The topological polar surface area (TPSA) is 157 Å².